The van der Waals surface area contributed by atoms with Gasteiger partial charge in [0.15, 0.2) is 0 Å². The number of hydrogen-bond donors (Lipinski definition) is 1. The summed E-state index contributed by atoms with van der Waals surface area (Å²) in [4.78, 5) is 14.7. The SMILES string of the molecule is N#Cc1ncccc1CSCC1(CC(=O)O)CC1. The average Bonchev–Trinajstić information content (AvgIpc) is 3.09. The first-order chi connectivity index (χ1) is 8.65. The lowest BCUT2D eigenvalue weighted by atomic mass is 10.1. The Balaban J connectivity index is 1.86. The van der Waals surface area contributed by atoms with Crippen molar-refractivity contribution in [3.05, 3.63) is 29.6 Å². The van der Waals surface area contributed by atoms with Gasteiger partial charge in [-0.15, -0.1) is 0 Å². The van der Waals surface area contributed by atoms with Crippen LogP contribution in [-0.2, 0) is 10.5 Å². The molecule has 1 saturated carbocycles. The van der Waals surface area contributed by atoms with Gasteiger partial charge < -0.3 is 5.11 Å². The Labute approximate surface area is 110 Å². The van der Waals surface area contributed by atoms with Crippen molar-refractivity contribution in [1.29, 1.82) is 5.26 Å². The van der Waals surface area contributed by atoms with Gasteiger partial charge in [0.1, 0.15) is 11.8 Å². The molecule has 0 bridgehead atoms. The third kappa shape index (κ3) is 3.23. The topological polar surface area (TPSA) is 74.0 Å². The molecule has 18 heavy (non-hydrogen) atoms. The fourth-order valence-electron chi connectivity index (χ4n) is 1.90. The molecule has 0 radical (unpaired) electrons. The fourth-order valence-corrected chi connectivity index (χ4v) is 3.28. The highest BCUT2D eigenvalue weighted by Gasteiger charge is 2.44. The van der Waals surface area contributed by atoms with E-state index < -0.39 is 5.97 Å². The van der Waals surface area contributed by atoms with Gasteiger partial charge >= 0.3 is 5.97 Å². The summed E-state index contributed by atoms with van der Waals surface area (Å²) >= 11 is 1.69. The van der Waals surface area contributed by atoms with E-state index in [0.29, 0.717) is 5.69 Å². The molecule has 1 aromatic heterocycles. The Morgan fingerprint density at radius 2 is 2.39 bits per heavy atom. The highest BCUT2D eigenvalue weighted by atomic mass is 32.2. The Morgan fingerprint density at radius 1 is 1.61 bits per heavy atom. The number of carboxylic acids is 1. The summed E-state index contributed by atoms with van der Waals surface area (Å²) in [6.07, 6.45) is 3.88. The van der Waals surface area contributed by atoms with Gasteiger partial charge in [0, 0.05) is 11.9 Å². The Morgan fingerprint density at radius 3 is 3.00 bits per heavy atom. The van der Waals surface area contributed by atoms with Crippen LogP contribution in [0.1, 0.15) is 30.5 Å². The summed E-state index contributed by atoms with van der Waals surface area (Å²) in [5.41, 5.74) is 1.40. The number of carbonyl (C=O) groups is 1. The van der Waals surface area contributed by atoms with Gasteiger partial charge in [-0.2, -0.15) is 17.0 Å². The van der Waals surface area contributed by atoms with Gasteiger partial charge in [-0.05, 0) is 35.6 Å². The number of nitriles is 1. The van der Waals surface area contributed by atoms with Crippen molar-refractivity contribution in [2.45, 2.75) is 25.0 Å². The zero-order valence-corrected chi connectivity index (χ0v) is 10.7. The van der Waals surface area contributed by atoms with E-state index in [-0.39, 0.29) is 11.8 Å². The van der Waals surface area contributed by atoms with Crippen molar-refractivity contribution in [3.63, 3.8) is 0 Å². The number of carboxylic acid groups (broad SMARTS) is 1. The molecule has 0 amide bonds. The monoisotopic (exact) mass is 262 g/mol. The molecule has 1 heterocycles. The quantitative estimate of drug-likeness (QED) is 0.852. The van der Waals surface area contributed by atoms with Gasteiger partial charge in [0.25, 0.3) is 0 Å². The van der Waals surface area contributed by atoms with E-state index in [0.717, 1.165) is 29.9 Å². The van der Waals surface area contributed by atoms with Gasteiger partial charge in [0.05, 0.1) is 6.42 Å². The van der Waals surface area contributed by atoms with Crippen molar-refractivity contribution in [3.8, 4) is 6.07 Å². The first kappa shape index (κ1) is 12.9. The molecule has 0 saturated heterocycles. The number of hydrogen-bond acceptors (Lipinski definition) is 4. The molecule has 0 aromatic carbocycles. The molecule has 2 rings (SSSR count). The molecule has 94 valence electrons. The maximum Gasteiger partial charge on any atom is 0.303 e. The molecule has 1 aromatic rings. The summed E-state index contributed by atoms with van der Waals surface area (Å²) in [6, 6.07) is 5.79. The van der Waals surface area contributed by atoms with E-state index in [1.54, 1.807) is 18.0 Å². The van der Waals surface area contributed by atoms with Crippen molar-refractivity contribution in [2.75, 3.05) is 5.75 Å². The van der Waals surface area contributed by atoms with Crippen LogP contribution in [0, 0.1) is 16.7 Å². The summed E-state index contributed by atoms with van der Waals surface area (Å²) < 4.78 is 0. The van der Waals surface area contributed by atoms with Crippen LogP contribution in [0.25, 0.3) is 0 Å². The summed E-state index contributed by atoms with van der Waals surface area (Å²) in [5.74, 6) is 0.851. The third-order valence-corrected chi connectivity index (χ3v) is 4.48. The van der Waals surface area contributed by atoms with Crippen LogP contribution in [0.15, 0.2) is 18.3 Å². The van der Waals surface area contributed by atoms with Crippen molar-refractivity contribution < 1.29 is 9.90 Å². The Hall–Kier alpha value is -1.54. The number of pyridine rings is 1. The fraction of sp³-hybridized carbons (Fsp3) is 0.462. The van der Waals surface area contributed by atoms with Crippen molar-refractivity contribution in [1.82, 2.24) is 4.98 Å². The number of thioether (sulfide) groups is 1. The second-order valence-corrected chi connectivity index (χ2v) is 5.67. The molecule has 5 heteroatoms. The van der Waals surface area contributed by atoms with Crippen LogP contribution in [0.5, 0.6) is 0 Å². The zero-order chi connectivity index (χ0) is 13.0. The van der Waals surface area contributed by atoms with Crippen LogP contribution >= 0.6 is 11.8 Å². The van der Waals surface area contributed by atoms with E-state index in [4.69, 9.17) is 10.4 Å². The lowest BCUT2D eigenvalue weighted by Crippen LogP contribution is -2.11. The number of aliphatic carboxylic acids is 1. The summed E-state index contributed by atoms with van der Waals surface area (Å²) in [6.45, 7) is 0. The maximum absolute atomic E-state index is 10.7. The highest BCUT2D eigenvalue weighted by Crippen LogP contribution is 2.51. The van der Waals surface area contributed by atoms with Gasteiger partial charge in [0.2, 0.25) is 0 Å². The molecular weight excluding hydrogens is 248 g/mol. The largest absolute Gasteiger partial charge is 0.481 e. The highest BCUT2D eigenvalue weighted by molar-refractivity contribution is 7.98. The van der Waals surface area contributed by atoms with Gasteiger partial charge in [-0.1, -0.05) is 6.07 Å². The summed E-state index contributed by atoms with van der Waals surface area (Å²) in [7, 11) is 0. The predicted octanol–water partition coefficient (Wildman–Crippen LogP) is 2.44. The lowest BCUT2D eigenvalue weighted by Gasteiger charge is -2.11. The van der Waals surface area contributed by atoms with Crippen LogP contribution in [0.4, 0.5) is 0 Å². The third-order valence-electron chi connectivity index (χ3n) is 3.15. The van der Waals surface area contributed by atoms with E-state index in [9.17, 15) is 4.79 Å². The molecule has 0 spiro atoms. The molecule has 0 atom stereocenters. The Bertz CT molecular complexity index is 492. The molecule has 0 aliphatic heterocycles. The van der Waals surface area contributed by atoms with Crippen LogP contribution in [-0.4, -0.2) is 21.8 Å². The minimum atomic E-state index is -0.716. The Kier molecular flexibility index (Phi) is 3.87. The van der Waals surface area contributed by atoms with Gasteiger partial charge in [-0.25, -0.2) is 4.98 Å². The molecule has 4 nitrogen and oxygen atoms in total. The van der Waals surface area contributed by atoms with E-state index in [2.05, 4.69) is 11.1 Å². The molecular formula is C13H14N2O2S. The second-order valence-electron chi connectivity index (χ2n) is 4.69. The maximum atomic E-state index is 10.7. The van der Waals surface area contributed by atoms with Gasteiger partial charge in [-0.3, -0.25) is 4.79 Å². The smallest absolute Gasteiger partial charge is 0.303 e. The van der Waals surface area contributed by atoms with E-state index in [1.807, 2.05) is 12.1 Å². The first-order valence-corrected chi connectivity index (χ1v) is 6.94. The molecule has 1 fully saturated rings. The van der Waals surface area contributed by atoms with Crippen molar-refractivity contribution in [2.24, 2.45) is 5.41 Å². The van der Waals surface area contributed by atoms with Crippen LogP contribution in [0.3, 0.4) is 0 Å². The van der Waals surface area contributed by atoms with E-state index in [1.165, 1.54) is 0 Å². The minimum Gasteiger partial charge on any atom is -0.481 e. The zero-order valence-electron chi connectivity index (χ0n) is 9.93. The number of rotatable bonds is 6. The number of nitrogens with zero attached hydrogens (tertiary/aromatic N) is 2. The molecule has 1 aliphatic rings. The standard InChI is InChI=1S/C13H14N2O2S/c14-7-11-10(2-1-5-15-11)8-18-9-13(3-4-13)6-12(16)17/h1-2,5H,3-4,6,8-9H2,(H,16,17). The normalized spacial score (nSPS) is 15.9. The lowest BCUT2D eigenvalue weighted by molar-refractivity contribution is -0.138. The molecule has 0 unspecified atom stereocenters. The minimum absolute atomic E-state index is 0.00547. The average molecular weight is 262 g/mol. The van der Waals surface area contributed by atoms with E-state index >= 15 is 0 Å². The first-order valence-electron chi connectivity index (χ1n) is 5.79. The molecule has 1 aliphatic carbocycles. The summed E-state index contributed by atoms with van der Waals surface area (Å²) in [5, 5.41) is 17.7. The van der Waals surface area contributed by atoms with Crippen LogP contribution in [0.2, 0.25) is 0 Å². The van der Waals surface area contributed by atoms with Crippen molar-refractivity contribution >= 4 is 17.7 Å². The second kappa shape index (κ2) is 5.40. The predicted molar refractivity (Wildman–Crippen MR) is 69.0 cm³/mol. The molecule has 1 N–H and O–H groups in total. The van der Waals surface area contributed by atoms with Crippen LogP contribution < -0.4 is 0 Å². The number of aromatic nitrogens is 1.